The third-order valence-corrected chi connectivity index (χ3v) is 3.98. The van der Waals surface area contributed by atoms with Gasteiger partial charge in [-0.3, -0.25) is 4.79 Å². The zero-order chi connectivity index (χ0) is 15.2. The molecule has 0 saturated carbocycles. The summed E-state index contributed by atoms with van der Waals surface area (Å²) in [6.07, 6.45) is 0.807. The number of anilines is 1. The van der Waals surface area contributed by atoms with Gasteiger partial charge < -0.3 is 10.6 Å². The fraction of sp³-hybridized carbons (Fsp3) is 0.188. The van der Waals surface area contributed by atoms with E-state index in [0.717, 1.165) is 23.0 Å². The van der Waals surface area contributed by atoms with Crippen LogP contribution in [0.25, 0.3) is 0 Å². The highest BCUT2D eigenvalue weighted by Crippen LogP contribution is 2.26. The Morgan fingerprint density at radius 3 is 2.71 bits per heavy atom. The van der Waals surface area contributed by atoms with E-state index in [-0.39, 0.29) is 5.91 Å². The fourth-order valence-electron chi connectivity index (χ4n) is 2.00. The molecular weight excluding hydrogens is 352 g/mol. The molecule has 2 aromatic carbocycles. The number of benzene rings is 2. The Balaban J connectivity index is 2.20. The molecule has 0 heterocycles. The Labute approximate surface area is 137 Å². The van der Waals surface area contributed by atoms with Gasteiger partial charge >= 0.3 is 0 Å². The van der Waals surface area contributed by atoms with Gasteiger partial charge in [0.1, 0.15) is 0 Å². The quantitative estimate of drug-likeness (QED) is 0.835. The van der Waals surface area contributed by atoms with Crippen molar-refractivity contribution in [3.05, 3.63) is 63.1 Å². The molecule has 0 atom stereocenters. The van der Waals surface area contributed by atoms with Gasteiger partial charge in [0.05, 0.1) is 5.69 Å². The Bertz CT molecular complexity index is 646. The topological polar surface area (TPSA) is 41.1 Å². The molecule has 0 bridgehead atoms. The Kier molecular flexibility index (Phi) is 5.79. The van der Waals surface area contributed by atoms with Crippen molar-refractivity contribution in [2.24, 2.45) is 0 Å². The summed E-state index contributed by atoms with van der Waals surface area (Å²) in [5, 5.41) is 6.62. The normalized spacial score (nSPS) is 10.4. The summed E-state index contributed by atoms with van der Waals surface area (Å²) in [6, 6.07) is 12.9. The van der Waals surface area contributed by atoms with E-state index >= 15 is 0 Å². The van der Waals surface area contributed by atoms with Crippen LogP contribution >= 0.6 is 27.5 Å². The molecule has 3 nitrogen and oxygen atoms in total. The van der Waals surface area contributed by atoms with Gasteiger partial charge in [-0.25, -0.2) is 0 Å². The maximum atomic E-state index is 12.4. The first-order chi connectivity index (χ1) is 10.1. The van der Waals surface area contributed by atoms with E-state index in [0.29, 0.717) is 16.3 Å². The van der Waals surface area contributed by atoms with Crippen molar-refractivity contribution < 1.29 is 4.79 Å². The van der Waals surface area contributed by atoms with Gasteiger partial charge in [-0.05, 0) is 65.8 Å². The minimum absolute atomic E-state index is 0.121. The van der Waals surface area contributed by atoms with Gasteiger partial charge in [0.25, 0.3) is 5.91 Å². The first-order valence-electron chi connectivity index (χ1n) is 6.60. The summed E-state index contributed by atoms with van der Waals surface area (Å²) < 4.78 is 0.760. The molecule has 1 amide bonds. The molecule has 2 aromatic rings. The van der Waals surface area contributed by atoms with Gasteiger partial charge in [-0.2, -0.15) is 0 Å². The average Bonchev–Trinajstić information content (AvgIpc) is 2.48. The molecule has 0 fully saturated rings. The number of carbonyl (C=O) groups is 1. The zero-order valence-electron chi connectivity index (χ0n) is 11.6. The number of amides is 1. The van der Waals surface area contributed by atoms with E-state index in [2.05, 4.69) is 26.6 Å². The van der Waals surface area contributed by atoms with E-state index < -0.39 is 0 Å². The van der Waals surface area contributed by atoms with Crippen LogP contribution in [0.5, 0.6) is 0 Å². The van der Waals surface area contributed by atoms with Crippen LogP contribution < -0.4 is 10.6 Å². The Morgan fingerprint density at radius 2 is 2.00 bits per heavy atom. The molecular formula is C16H16BrClN2O. The van der Waals surface area contributed by atoms with Crippen LogP contribution in [0, 0.1) is 0 Å². The molecule has 0 saturated heterocycles. The first-order valence-corrected chi connectivity index (χ1v) is 7.78. The molecule has 0 aliphatic carbocycles. The largest absolute Gasteiger partial charge is 0.321 e. The monoisotopic (exact) mass is 366 g/mol. The van der Waals surface area contributed by atoms with Crippen molar-refractivity contribution >= 4 is 39.1 Å². The number of hydrogen-bond acceptors (Lipinski definition) is 2. The molecule has 0 radical (unpaired) electrons. The smallest absolute Gasteiger partial charge is 0.255 e. The molecule has 0 aliphatic heterocycles. The SMILES string of the molecule is CNCCc1ccccc1C(=O)Nc1ccc(Cl)cc1Br. The Morgan fingerprint density at radius 1 is 1.24 bits per heavy atom. The number of likely N-dealkylation sites (N-methyl/N-ethyl adjacent to an activating group) is 1. The maximum absolute atomic E-state index is 12.4. The van der Waals surface area contributed by atoms with E-state index in [4.69, 9.17) is 11.6 Å². The molecule has 2 N–H and O–H groups in total. The van der Waals surface area contributed by atoms with Crippen molar-refractivity contribution in [3.8, 4) is 0 Å². The van der Waals surface area contributed by atoms with Gasteiger partial charge in [-0.1, -0.05) is 29.8 Å². The molecule has 0 unspecified atom stereocenters. The number of carbonyl (C=O) groups excluding carboxylic acids is 1. The van der Waals surface area contributed by atoms with Crippen LogP contribution in [0.2, 0.25) is 5.02 Å². The lowest BCUT2D eigenvalue weighted by Gasteiger charge is -2.11. The predicted molar refractivity (Wildman–Crippen MR) is 91.2 cm³/mol. The Hall–Kier alpha value is -1.36. The van der Waals surface area contributed by atoms with E-state index in [1.54, 1.807) is 18.2 Å². The van der Waals surface area contributed by atoms with Crippen molar-refractivity contribution in [2.75, 3.05) is 18.9 Å². The first kappa shape index (κ1) is 16.0. The van der Waals surface area contributed by atoms with Gasteiger partial charge in [-0.15, -0.1) is 0 Å². The van der Waals surface area contributed by atoms with E-state index in [1.165, 1.54) is 0 Å². The number of rotatable bonds is 5. The summed E-state index contributed by atoms with van der Waals surface area (Å²) in [5.74, 6) is -0.121. The summed E-state index contributed by atoms with van der Waals surface area (Å²) in [6.45, 7) is 0.828. The lowest BCUT2D eigenvalue weighted by Crippen LogP contribution is -2.17. The summed E-state index contributed by atoms with van der Waals surface area (Å²) >= 11 is 9.30. The molecule has 2 rings (SSSR count). The summed E-state index contributed by atoms with van der Waals surface area (Å²) in [7, 11) is 1.90. The number of hydrogen-bond donors (Lipinski definition) is 2. The van der Waals surface area contributed by atoms with Crippen LogP contribution in [0.15, 0.2) is 46.9 Å². The van der Waals surface area contributed by atoms with Crippen LogP contribution in [0.4, 0.5) is 5.69 Å². The predicted octanol–water partition coefficient (Wildman–Crippen LogP) is 4.12. The van der Waals surface area contributed by atoms with Crippen LogP contribution in [0.1, 0.15) is 15.9 Å². The van der Waals surface area contributed by atoms with Crippen molar-refractivity contribution in [3.63, 3.8) is 0 Å². The summed E-state index contributed by atoms with van der Waals surface area (Å²) in [4.78, 5) is 12.4. The van der Waals surface area contributed by atoms with Gasteiger partial charge in [0.2, 0.25) is 0 Å². The highest BCUT2D eigenvalue weighted by atomic mass is 79.9. The number of halogens is 2. The van der Waals surface area contributed by atoms with Crippen LogP contribution in [-0.2, 0) is 6.42 Å². The van der Waals surface area contributed by atoms with E-state index in [9.17, 15) is 4.79 Å². The second-order valence-corrected chi connectivity index (χ2v) is 5.88. The highest BCUT2D eigenvalue weighted by molar-refractivity contribution is 9.10. The van der Waals surface area contributed by atoms with Crippen molar-refractivity contribution in [2.45, 2.75) is 6.42 Å². The standard InChI is InChI=1S/C16H16BrClN2O/c1-19-9-8-11-4-2-3-5-13(11)16(21)20-15-7-6-12(18)10-14(15)17/h2-7,10,19H,8-9H2,1H3,(H,20,21). The third-order valence-electron chi connectivity index (χ3n) is 3.09. The van der Waals surface area contributed by atoms with E-state index in [1.807, 2.05) is 31.3 Å². The summed E-state index contributed by atoms with van der Waals surface area (Å²) in [5.41, 5.74) is 2.41. The van der Waals surface area contributed by atoms with Crippen molar-refractivity contribution in [1.29, 1.82) is 0 Å². The molecule has 0 aromatic heterocycles. The molecule has 0 spiro atoms. The van der Waals surface area contributed by atoms with Crippen molar-refractivity contribution in [1.82, 2.24) is 5.32 Å². The van der Waals surface area contributed by atoms with Crippen LogP contribution in [0.3, 0.4) is 0 Å². The third kappa shape index (κ3) is 4.30. The lowest BCUT2D eigenvalue weighted by atomic mass is 10.0. The highest BCUT2D eigenvalue weighted by Gasteiger charge is 2.12. The number of nitrogens with one attached hydrogen (secondary N) is 2. The minimum atomic E-state index is -0.121. The second-order valence-electron chi connectivity index (χ2n) is 4.59. The fourth-order valence-corrected chi connectivity index (χ4v) is 2.78. The average molecular weight is 368 g/mol. The van der Waals surface area contributed by atoms with Gasteiger partial charge in [0, 0.05) is 15.1 Å². The minimum Gasteiger partial charge on any atom is -0.321 e. The van der Waals surface area contributed by atoms with Crippen LogP contribution in [-0.4, -0.2) is 19.5 Å². The molecule has 110 valence electrons. The van der Waals surface area contributed by atoms with Gasteiger partial charge in [0.15, 0.2) is 0 Å². The molecule has 5 heteroatoms. The molecule has 0 aliphatic rings. The zero-order valence-corrected chi connectivity index (χ0v) is 14.0. The maximum Gasteiger partial charge on any atom is 0.255 e. The molecule has 21 heavy (non-hydrogen) atoms. The second kappa shape index (κ2) is 7.59. The lowest BCUT2D eigenvalue weighted by molar-refractivity contribution is 0.102.